The molecule has 2 aromatic carbocycles. The third-order valence-electron chi connectivity index (χ3n) is 5.60. The molecule has 3 heteroatoms. The maximum absolute atomic E-state index is 13.1. The van der Waals surface area contributed by atoms with Crippen LogP contribution in [-0.2, 0) is 4.79 Å². The van der Waals surface area contributed by atoms with Crippen molar-refractivity contribution < 1.29 is 4.79 Å². The number of benzene rings is 2. The van der Waals surface area contributed by atoms with Gasteiger partial charge in [-0.15, -0.1) is 0 Å². The number of Topliss-reactive ketones (excluding diaryl/α,β-unsaturated/α-hetero) is 1. The van der Waals surface area contributed by atoms with Crippen molar-refractivity contribution in [3.8, 4) is 0 Å². The van der Waals surface area contributed by atoms with Crippen LogP contribution in [0.2, 0.25) is 10.1 Å². The summed E-state index contributed by atoms with van der Waals surface area (Å²) in [5.41, 5.74) is 0. The van der Waals surface area contributed by atoms with Crippen LogP contribution in [0.25, 0.3) is 0 Å². The molecule has 2 aromatic rings. The van der Waals surface area contributed by atoms with Gasteiger partial charge in [0.15, 0.2) is 0 Å². The Balaban J connectivity index is 1.47. The molecule has 130 valence electrons. The van der Waals surface area contributed by atoms with Crippen molar-refractivity contribution in [3.63, 3.8) is 0 Å². The van der Waals surface area contributed by atoms with E-state index in [1.807, 2.05) is 0 Å². The predicted octanol–water partition coefficient (Wildman–Crippen LogP) is 3.26. The molecule has 2 aliphatic carbocycles. The van der Waals surface area contributed by atoms with Crippen LogP contribution in [0.5, 0.6) is 0 Å². The van der Waals surface area contributed by atoms with E-state index >= 15 is 0 Å². The number of hydrogen-bond acceptors (Lipinski definition) is 1. The predicted molar refractivity (Wildman–Crippen MR) is 106 cm³/mol. The van der Waals surface area contributed by atoms with Crippen LogP contribution in [0.4, 0.5) is 0 Å². The second-order valence-electron chi connectivity index (χ2n) is 7.14. The minimum absolute atomic E-state index is 0.296. The Morgan fingerprint density at radius 3 is 2.28 bits per heavy atom. The molecule has 0 spiro atoms. The first-order valence-corrected chi connectivity index (χ1v) is 13.2. The summed E-state index contributed by atoms with van der Waals surface area (Å²) in [6.07, 6.45) is 4.85. The summed E-state index contributed by atoms with van der Waals surface area (Å²) in [6, 6.07) is 21.6. The van der Waals surface area contributed by atoms with Gasteiger partial charge in [0.05, 0.1) is 0 Å². The summed E-state index contributed by atoms with van der Waals surface area (Å²) in [4.78, 5) is 13.4. The van der Waals surface area contributed by atoms with E-state index in [1.54, 1.807) is 0 Å². The Kier molecular flexibility index (Phi) is 5.78. The topological polar surface area (TPSA) is 17.1 Å². The van der Waals surface area contributed by atoms with Gasteiger partial charge >= 0.3 is 164 Å². The first-order valence-electron chi connectivity index (χ1n) is 9.24. The molecule has 4 rings (SSSR count). The number of carbonyl (C=O) groups excluding carboxylic acids is 1. The van der Waals surface area contributed by atoms with Crippen LogP contribution >= 0.6 is 0 Å². The second kappa shape index (κ2) is 8.23. The summed E-state index contributed by atoms with van der Waals surface area (Å²) in [7, 11) is 0. The Labute approximate surface area is 163 Å². The first-order chi connectivity index (χ1) is 12.3. The van der Waals surface area contributed by atoms with Crippen LogP contribution in [-0.4, -0.2) is 35.7 Å². The van der Waals surface area contributed by atoms with Crippen molar-refractivity contribution in [3.05, 3.63) is 60.7 Å². The molecule has 4 atom stereocenters. The first kappa shape index (κ1) is 17.6. The van der Waals surface area contributed by atoms with Gasteiger partial charge in [-0.2, -0.15) is 0 Å². The van der Waals surface area contributed by atoms with Crippen molar-refractivity contribution in [2.75, 3.05) is 0 Å². The average molecular weight is 462 g/mol. The van der Waals surface area contributed by atoms with E-state index in [4.69, 9.17) is 0 Å². The van der Waals surface area contributed by atoms with E-state index in [0.717, 1.165) is 18.8 Å². The Morgan fingerprint density at radius 2 is 1.56 bits per heavy atom. The molecule has 0 unspecified atom stereocenters. The Hall–Kier alpha value is -0.851. The van der Waals surface area contributed by atoms with E-state index in [0.29, 0.717) is 52.3 Å². The van der Waals surface area contributed by atoms with Gasteiger partial charge in [-0.1, -0.05) is 0 Å². The fourth-order valence-corrected chi connectivity index (χ4v) is 9.46. The van der Waals surface area contributed by atoms with Gasteiger partial charge in [0.1, 0.15) is 0 Å². The molecular formula is C22H24OSe2. The summed E-state index contributed by atoms with van der Waals surface area (Å²) in [5.74, 6) is 2.43. The van der Waals surface area contributed by atoms with Gasteiger partial charge in [-0.3, -0.25) is 0 Å². The number of rotatable bonds is 5. The molecule has 0 N–H and O–H groups in total. The minimum atomic E-state index is 0.296. The molecule has 0 amide bonds. The molecule has 0 saturated heterocycles. The van der Waals surface area contributed by atoms with Crippen LogP contribution < -0.4 is 8.92 Å². The second-order valence-corrected chi connectivity index (χ2v) is 12.1. The van der Waals surface area contributed by atoms with Crippen molar-refractivity contribution >= 4 is 44.6 Å². The van der Waals surface area contributed by atoms with Gasteiger partial charge in [-0.25, -0.2) is 0 Å². The molecule has 0 aliphatic heterocycles. The molecular weight excluding hydrogens is 438 g/mol. The van der Waals surface area contributed by atoms with Crippen molar-refractivity contribution in [2.45, 2.75) is 35.8 Å². The molecule has 2 saturated carbocycles. The fourth-order valence-electron chi connectivity index (χ4n) is 4.39. The van der Waals surface area contributed by atoms with E-state index < -0.39 is 0 Å². The molecule has 0 radical (unpaired) electrons. The van der Waals surface area contributed by atoms with Gasteiger partial charge < -0.3 is 0 Å². The third kappa shape index (κ3) is 4.12. The van der Waals surface area contributed by atoms with Gasteiger partial charge in [0, 0.05) is 0 Å². The van der Waals surface area contributed by atoms with Crippen LogP contribution in [0, 0.1) is 17.8 Å². The van der Waals surface area contributed by atoms with Crippen molar-refractivity contribution in [1.82, 2.24) is 0 Å². The van der Waals surface area contributed by atoms with Gasteiger partial charge in [-0.05, 0) is 0 Å². The van der Waals surface area contributed by atoms with E-state index in [-0.39, 0.29) is 0 Å². The molecule has 0 heterocycles. The number of hydrogen-bond donors (Lipinski definition) is 0. The van der Waals surface area contributed by atoms with Crippen LogP contribution in [0.1, 0.15) is 25.7 Å². The molecule has 0 bridgehead atoms. The zero-order valence-electron chi connectivity index (χ0n) is 14.3. The Morgan fingerprint density at radius 1 is 0.880 bits per heavy atom. The van der Waals surface area contributed by atoms with E-state index in [2.05, 4.69) is 60.7 Å². The summed E-state index contributed by atoms with van der Waals surface area (Å²) >= 11 is 0.841. The summed E-state index contributed by atoms with van der Waals surface area (Å²) in [6.45, 7) is 0. The van der Waals surface area contributed by atoms with Crippen molar-refractivity contribution in [2.24, 2.45) is 17.8 Å². The molecule has 0 aromatic heterocycles. The monoisotopic (exact) mass is 464 g/mol. The number of carbonyl (C=O) groups is 1. The zero-order chi connectivity index (χ0) is 17.1. The zero-order valence-corrected chi connectivity index (χ0v) is 17.8. The maximum atomic E-state index is 13.1. The number of ketones is 1. The average Bonchev–Trinajstić information content (AvgIpc) is 3.15. The summed E-state index contributed by atoms with van der Waals surface area (Å²) in [5, 5.41) is 1.31. The molecule has 25 heavy (non-hydrogen) atoms. The molecule has 1 nitrogen and oxygen atoms in total. The van der Waals surface area contributed by atoms with Gasteiger partial charge in [0.2, 0.25) is 0 Å². The quantitative estimate of drug-likeness (QED) is 0.624. The van der Waals surface area contributed by atoms with E-state index in [9.17, 15) is 4.79 Å². The SMILES string of the molecule is O=C1[C@H]([Se]c2ccccc2)C[C@@H](C[Se]c2ccccc2)[C@@H]2CCC[C@@H]12. The summed E-state index contributed by atoms with van der Waals surface area (Å²) < 4.78 is 2.89. The van der Waals surface area contributed by atoms with E-state index in [1.165, 1.54) is 27.1 Å². The third-order valence-corrected chi connectivity index (χ3v) is 10.8. The Bertz CT molecular complexity index is 700. The fraction of sp³-hybridized carbons (Fsp3) is 0.409. The number of fused-ring (bicyclic) bond motifs is 1. The molecule has 2 fully saturated rings. The standard InChI is InChI=1S/C22H24OSe2/c23-22-20-13-7-12-19(20)16(15-24-17-8-3-1-4-9-17)14-21(22)25-18-10-5-2-6-11-18/h1-6,8-11,16,19-21H,7,12-15H2/t16-,19-,20+,21+/m0/s1. The van der Waals surface area contributed by atoms with Gasteiger partial charge in [0.25, 0.3) is 0 Å². The normalized spacial score (nSPS) is 28.7. The molecule has 2 aliphatic rings. The van der Waals surface area contributed by atoms with Crippen LogP contribution in [0.3, 0.4) is 0 Å². The van der Waals surface area contributed by atoms with Crippen LogP contribution in [0.15, 0.2) is 60.7 Å². The van der Waals surface area contributed by atoms with Crippen molar-refractivity contribution in [1.29, 1.82) is 0 Å².